The quantitative estimate of drug-likeness (QED) is 0.382. The number of rotatable bonds is 6. The molecule has 172 valence electrons. The van der Waals surface area contributed by atoms with E-state index in [2.05, 4.69) is 50.5 Å². The molecule has 34 heavy (non-hydrogen) atoms. The van der Waals surface area contributed by atoms with E-state index in [4.69, 9.17) is 26.3 Å². The predicted octanol–water partition coefficient (Wildman–Crippen LogP) is 5.56. The van der Waals surface area contributed by atoms with Crippen LogP contribution in [0.5, 0.6) is 5.75 Å². The van der Waals surface area contributed by atoms with E-state index in [1.807, 2.05) is 18.2 Å². The van der Waals surface area contributed by atoms with Gasteiger partial charge in [-0.1, -0.05) is 41.9 Å². The molecular weight excluding hydrogens is 448 g/mol. The lowest BCUT2D eigenvalue weighted by Gasteiger charge is -2.33. The third-order valence-corrected chi connectivity index (χ3v) is 6.84. The molecule has 3 heterocycles. The van der Waals surface area contributed by atoms with Gasteiger partial charge in [0.2, 0.25) is 5.95 Å². The van der Waals surface area contributed by atoms with E-state index in [0.717, 1.165) is 48.7 Å². The Bertz CT molecular complexity index is 1330. The first-order valence-electron chi connectivity index (χ1n) is 11.6. The zero-order valence-corrected chi connectivity index (χ0v) is 19.6. The number of benzene rings is 2. The first-order valence-corrected chi connectivity index (χ1v) is 11.9. The number of imidazole rings is 1. The third kappa shape index (κ3) is 3.76. The van der Waals surface area contributed by atoms with E-state index in [1.54, 1.807) is 13.3 Å². The van der Waals surface area contributed by atoms with Crippen LogP contribution in [0, 0.1) is 0 Å². The van der Waals surface area contributed by atoms with Crippen LogP contribution in [0.3, 0.4) is 0 Å². The van der Waals surface area contributed by atoms with Gasteiger partial charge >= 0.3 is 0 Å². The summed E-state index contributed by atoms with van der Waals surface area (Å²) in [4.78, 5) is 19.7. The topological polar surface area (TPSA) is 79.0 Å². The lowest BCUT2D eigenvalue weighted by molar-refractivity contribution is 0.416. The fourth-order valence-corrected chi connectivity index (χ4v) is 4.97. The van der Waals surface area contributed by atoms with Gasteiger partial charge in [0.25, 0.3) is 0 Å². The first-order chi connectivity index (χ1) is 16.7. The molecule has 7 nitrogen and oxygen atoms in total. The molecule has 0 unspecified atom stereocenters. The van der Waals surface area contributed by atoms with E-state index >= 15 is 0 Å². The molecule has 2 aromatic carbocycles. The molecule has 1 saturated heterocycles. The number of halogens is 1. The number of anilines is 3. The Hall–Kier alpha value is -3.58. The summed E-state index contributed by atoms with van der Waals surface area (Å²) in [6.07, 6.45) is 4.93. The average Bonchev–Trinajstić information content (AvgIpc) is 3.45. The van der Waals surface area contributed by atoms with Gasteiger partial charge < -0.3 is 19.9 Å². The minimum absolute atomic E-state index is 0.292. The average molecular weight is 473 g/mol. The minimum atomic E-state index is 0.292. The Kier molecular flexibility index (Phi) is 5.34. The summed E-state index contributed by atoms with van der Waals surface area (Å²) in [5.41, 5.74) is 5.42. The number of methoxy groups -OCH3 is 1. The molecule has 2 N–H and O–H groups in total. The number of aromatic nitrogens is 4. The zero-order valence-electron chi connectivity index (χ0n) is 18.9. The monoisotopic (exact) mass is 472 g/mol. The van der Waals surface area contributed by atoms with E-state index in [1.165, 1.54) is 17.5 Å². The van der Waals surface area contributed by atoms with Crippen molar-refractivity contribution in [1.82, 2.24) is 19.9 Å². The summed E-state index contributed by atoms with van der Waals surface area (Å²) in [6, 6.07) is 16.5. The van der Waals surface area contributed by atoms with E-state index in [-0.39, 0.29) is 0 Å². The Balaban J connectivity index is 1.36. The van der Waals surface area contributed by atoms with Crippen LogP contribution in [-0.4, -0.2) is 40.1 Å². The van der Waals surface area contributed by atoms with Crippen molar-refractivity contribution in [3.8, 4) is 17.1 Å². The lowest BCUT2D eigenvalue weighted by Crippen LogP contribution is -2.38. The second kappa shape index (κ2) is 8.65. The molecule has 1 aliphatic heterocycles. The Labute approximate surface area is 203 Å². The maximum absolute atomic E-state index is 5.99. The van der Waals surface area contributed by atoms with Crippen LogP contribution in [0.1, 0.15) is 35.6 Å². The molecule has 6 rings (SSSR count). The van der Waals surface area contributed by atoms with Crippen molar-refractivity contribution in [2.24, 2.45) is 0 Å². The van der Waals surface area contributed by atoms with Crippen molar-refractivity contribution in [1.29, 1.82) is 0 Å². The van der Waals surface area contributed by atoms with Crippen LogP contribution >= 0.6 is 11.6 Å². The Morgan fingerprint density at radius 3 is 2.65 bits per heavy atom. The zero-order chi connectivity index (χ0) is 23.1. The number of ether oxygens (including phenoxy) is 1. The van der Waals surface area contributed by atoms with E-state index < -0.39 is 0 Å². The maximum Gasteiger partial charge on any atom is 0.229 e. The first kappa shape index (κ1) is 21.0. The van der Waals surface area contributed by atoms with Crippen molar-refractivity contribution in [3.05, 3.63) is 76.7 Å². The molecule has 1 atom stereocenters. The van der Waals surface area contributed by atoms with Crippen molar-refractivity contribution in [2.45, 2.75) is 25.2 Å². The van der Waals surface area contributed by atoms with Crippen molar-refractivity contribution in [3.63, 3.8) is 0 Å². The summed E-state index contributed by atoms with van der Waals surface area (Å²) in [5.74, 6) is 3.32. The molecule has 0 radical (unpaired) electrons. The van der Waals surface area contributed by atoms with Crippen LogP contribution in [0.2, 0.25) is 5.15 Å². The summed E-state index contributed by atoms with van der Waals surface area (Å²) in [5, 5.41) is 3.84. The number of nitrogens with one attached hydrogen (secondary N) is 2. The summed E-state index contributed by atoms with van der Waals surface area (Å²) in [6.45, 7) is 2.10. The number of hydrogen-bond donors (Lipinski definition) is 2. The minimum Gasteiger partial charge on any atom is -0.496 e. The maximum atomic E-state index is 5.99. The highest BCUT2D eigenvalue weighted by atomic mass is 35.5. The lowest BCUT2D eigenvalue weighted by atomic mass is 9.97. The van der Waals surface area contributed by atoms with Crippen LogP contribution in [0.25, 0.3) is 11.4 Å². The normalized spacial score (nSPS) is 16.8. The van der Waals surface area contributed by atoms with Gasteiger partial charge in [-0.15, -0.1) is 0 Å². The van der Waals surface area contributed by atoms with Gasteiger partial charge in [0.05, 0.1) is 18.4 Å². The van der Waals surface area contributed by atoms with Gasteiger partial charge in [0, 0.05) is 42.5 Å². The summed E-state index contributed by atoms with van der Waals surface area (Å²) < 4.78 is 5.63. The fraction of sp³-hybridized carbons (Fsp3) is 0.269. The molecule has 1 aliphatic carbocycles. The molecular formula is C26H25ClN6O. The number of H-pyrrole nitrogens is 1. The Morgan fingerprint density at radius 2 is 1.94 bits per heavy atom. The van der Waals surface area contributed by atoms with E-state index in [9.17, 15) is 0 Å². The van der Waals surface area contributed by atoms with Crippen molar-refractivity contribution in [2.75, 3.05) is 30.4 Å². The summed E-state index contributed by atoms with van der Waals surface area (Å²) >= 11 is 5.99. The van der Waals surface area contributed by atoms with Crippen molar-refractivity contribution >= 4 is 29.1 Å². The highest BCUT2D eigenvalue weighted by molar-refractivity contribution is 6.29. The molecule has 2 aromatic heterocycles. The van der Waals surface area contributed by atoms with Crippen LogP contribution in [0.15, 0.2) is 54.7 Å². The van der Waals surface area contributed by atoms with Crippen LogP contribution in [0.4, 0.5) is 17.5 Å². The highest BCUT2D eigenvalue weighted by Crippen LogP contribution is 2.42. The number of aromatic amines is 1. The van der Waals surface area contributed by atoms with Gasteiger partial charge in [-0.2, -0.15) is 4.98 Å². The largest absolute Gasteiger partial charge is 0.496 e. The number of nitrogens with zero attached hydrogens (tertiary/aromatic N) is 4. The van der Waals surface area contributed by atoms with Gasteiger partial charge in [0.1, 0.15) is 22.5 Å². The van der Waals surface area contributed by atoms with E-state index in [0.29, 0.717) is 28.6 Å². The second-order valence-electron chi connectivity index (χ2n) is 8.69. The molecule has 0 spiro atoms. The molecule has 1 fully saturated rings. The third-order valence-electron chi connectivity index (χ3n) is 6.65. The Morgan fingerprint density at radius 1 is 1.09 bits per heavy atom. The molecule has 2 aliphatic rings. The second-order valence-corrected chi connectivity index (χ2v) is 9.08. The number of fused-ring (bicyclic) bond motifs is 1. The van der Waals surface area contributed by atoms with Gasteiger partial charge in [0.15, 0.2) is 0 Å². The molecule has 4 aromatic rings. The molecule has 8 heteroatoms. The van der Waals surface area contributed by atoms with Gasteiger partial charge in [-0.25, -0.2) is 9.97 Å². The highest BCUT2D eigenvalue weighted by Gasteiger charge is 2.32. The standard InChI is InChI=1S/C26H25ClN6O/c1-34-21-14-17(8-9-19(21)24-28-15-22(27)30-24)29-26-31-23-18(16-6-3-2-4-7-16)10-11-20(23)25(32-26)33-12-5-13-33/h2-4,6-9,14-15,18H,5,10-13H2,1H3,(H,28,30)(H,29,31,32)/t18-/m0/s1. The molecule has 0 bridgehead atoms. The van der Waals surface area contributed by atoms with Crippen molar-refractivity contribution < 1.29 is 4.74 Å². The molecule has 0 saturated carbocycles. The predicted molar refractivity (Wildman–Crippen MR) is 134 cm³/mol. The SMILES string of the molecule is COc1cc(Nc2nc3c(c(N4CCC4)n2)CC[C@H]3c2ccccc2)ccc1-c1nc(Cl)c[nH]1. The van der Waals surface area contributed by atoms with Gasteiger partial charge in [-0.05, 0) is 37.0 Å². The van der Waals surface area contributed by atoms with Crippen LogP contribution in [-0.2, 0) is 6.42 Å². The summed E-state index contributed by atoms with van der Waals surface area (Å²) in [7, 11) is 1.64. The smallest absolute Gasteiger partial charge is 0.229 e. The number of hydrogen-bond acceptors (Lipinski definition) is 6. The van der Waals surface area contributed by atoms with Crippen LogP contribution < -0.4 is 15.0 Å². The fourth-order valence-electron chi connectivity index (χ4n) is 4.83. The van der Waals surface area contributed by atoms with Gasteiger partial charge in [-0.3, -0.25) is 0 Å². The molecule has 0 amide bonds.